The third-order valence-corrected chi connectivity index (χ3v) is 5.62. The van der Waals surface area contributed by atoms with Gasteiger partial charge in [-0.2, -0.15) is 0 Å². The second kappa shape index (κ2) is 8.47. The third-order valence-electron chi connectivity index (χ3n) is 3.73. The zero-order chi connectivity index (χ0) is 20.3. The molecule has 4 N–H and O–H groups in total. The molecule has 0 aromatic rings. The van der Waals surface area contributed by atoms with E-state index in [0.717, 1.165) is 16.7 Å². The predicted molar refractivity (Wildman–Crippen MR) is 93.6 cm³/mol. The quantitative estimate of drug-likeness (QED) is 0.174. The zero-order valence-electron chi connectivity index (χ0n) is 13.4. The van der Waals surface area contributed by atoms with Crippen LogP contribution in [-0.2, 0) is 23.9 Å². The second-order valence-corrected chi connectivity index (χ2v) is 7.03. The van der Waals surface area contributed by atoms with E-state index < -0.39 is 53.7 Å². The van der Waals surface area contributed by atoms with Gasteiger partial charge in [0, 0.05) is 11.3 Å². The highest BCUT2D eigenvalue weighted by Gasteiger charge is 2.54. The van der Waals surface area contributed by atoms with Crippen LogP contribution in [0.25, 0.3) is 0 Å². The fourth-order valence-electron chi connectivity index (χ4n) is 2.51. The maximum atomic E-state index is 12.3. The van der Waals surface area contributed by atoms with Crippen LogP contribution in [0.5, 0.6) is 0 Å². The first-order chi connectivity index (χ1) is 12.7. The highest BCUT2D eigenvalue weighted by atomic mass is 79.9. The average molecular weight is 465 g/mol. The number of rotatable bonds is 8. The number of carboxylic acid groups (broad SMARTS) is 1. The first kappa shape index (κ1) is 20.8. The number of hydrogen-bond donors (Lipinski definition) is 3. The van der Waals surface area contributed by atoms with Gasteiger partial charge in [0.1, 0.15) is 23.7 Å². The van der Waals surface area contributed by atoms with Crippen molar-refractivity contribution in [1.29, 1.82) is 0 Å². The molecule has 0 radical (unpaired) electrons. The van der Waals surface area contributed by atoms with Crippen LogP contribution in [0.15, 0.2) is 16.4 Å². The summed E-state index contributed by atoms with van der Waals surface area (Å²) in [6.45, 7) is -0.394. The minimum atomic E-state index is -1.81. The molecule has 0 aromatic carbocycles. The molecule has 0 saturated carbocycles. The summed E-state index contributed by atoms with van der Waals surface area (Å²) in [5.41, 5.74) is 4.66. The number of amides is 3. The van der Waals surface area contributed by atoms with Crippen LogP contribution in [0.1, 0.15) is 0 Å². The number of aliphatic carboxylic acids is 1. The Labute approximate surface area is 163 Å². The number of nitrogens with two attached hydrogens (primary N) is 1. The van der Waals surface area contributed by atoms with Crippen molar-refractivity contribution in [3.63, 3.8) is 0 Å². The average Bonchev–Trinajstić information content (AvgIpc) is 2.63. The van der Waals surface area contributed by atoms with Gasteiger partial charge >= 0.3 is 12.1 Å². The number of primary amides is 1. The van der Waals surface area contributed by atoms with Gasteiger partial charge in [0.2, 0.25) is 6.04 Å². The van der Waals surface area contributed by atoms with E-state index in [1.165, 1.54) is 0 Å². The van der Waals surface area contributed by atoms with Crippen molar-refractivity contribution in [3.8, 4) is 0 Å². The molecule has 1 saturated heterocycles. The van der Waals surface area contributed by atoms with E-state index in [9.17, 15) is 34.0 Å². The Morgan fingerprint density at radius 2 is 2.11 bits per heavy atom. The number of fused-ring (bicyclic) bond motifs is 1. The number of alkyl halides is 1. The Bertz CT molecular complexity index is 757. The number of nitroso groups, excluding NO2 is 1. The summed E-state index contributed by atoms with van der Waals surface area (Å²) in [7, 11) is 0. The minimum absolute atomic E-state index is 0.103. The molecule has 12 nitrogen and oxygen atoms in total. The maximum Gasteiger partial charge on any atom is 0.404 e. The number of Topliss-reactive ketones (excluding diaryl/α,β-unsaturated/α-hetero) is 1. The van der Waals surface area contributed by atoms with Crippen molar-refractivity contribution in [2.75, 3.05) is 17.7 Å². The molecule has 3 atom stereocenters. The van der Waals surface area contributed by atoms with Crippen molar-refractivity contribution in [2.24, 2.45) is 10.9 Å². The van der Waals surface area contributed by atoms with Crippen LogP contribution in [0, 0.1) is 4.91 Å². The number of thioether (sulfide) groups is 1. The van der Waals surface area contributed by atoms with Crippen LogP contribution >= 0.6 is 27.7 Å². The Morgan fingerprint density at radius 1 is 1.44 bits per heavy atom. The molecule has 0 bridgehead atoms. The fourth-order valence-corrected chi connectivity index (χ4v) is 4.14. The van der Waals surface area contributed by atoms with Gasteiger partial charge in [0.15, 0.2) is 5.78 Å². The highest BCUT2D eigenvalue weighted by molar-refractivity contribution is 9.09. The lowest BCUT2D eigenvalue weighted by atomic mass is 10.0. The number of carbonyl (C=O) groups is 5. The Morgan fingerprint density at radius 3 is 2.63 bits per heavy atom. The predicted octanol–water partition coefficient (Wildman–Crippen LogP) is -1.08. The number of nitrogens with zero attached hydrogens (tertiary/aromatic N) is 2. The molecule has 14 heteroatoms. The van der Waals surface area contributed by atoms with Crippen molar-refractivity contribution < 1.29 is 33.8 Å². The lowest BCUT2D eigenvalue weighted by Gasteiger charge is -2.49. The molecule has 0 spiro atoms. The monoisotopic (exact) mass is 464 g/mol. The van der Waals surface area contributed by atoms with E-state index >= 15 is 0 Å². The van der Waals surface area contributed by atoms with Crippen molar-refractivity contribution in [3.05, 3.63) is 16.2 Å². The van der Waals surface area contributed by atoms with Gasteiger partial charge < -0.3 is 20.9 Å². The number of halogens is 1. The topological polar surface area (TPSA) is 186 Å². The number of β-lactam (4-membered cyclic amide) rings is 1. The summed E-state index contributed by atoms with van der Waals surface area (Å²) in [6, 6.07) is -2.93. The second-order valence-electron chi connectivity index (χ2n) is 5.37. The van der Waals surface area contributed by atoms with Crippen LogP contribution < -0.4 is 11.1 Å². The molecule has 2 rings (SSSR count). The Kier molecular flexibility index (Phi) is 6.54. The Balaban J connectivity index is 2.16. The summed E-state index contributed by atoms with van der Waals surface area (Å²) < 4.78 is 4.59. The van der Waals surface area contributed by atoms with Gasteiger partial charge in [0.05, 0.1) is 5.33 Å². The standard InChI is InChI=1S/C13H13BrN4O8S/c14-1-5(19)6(17-25)9(20)16-7-10(21)18-8(12(22)23)4(2-26-13(15)24)3-27-11(7)18/h6-7,11H,1-3H2,(H2,15,24)(H,16,20)(H,22,23)/t6?,7?,11-/m0/s1. The maximum absolute atomic E-state index is 12.3. The first-order valence-corrected chi connectivity index (χ1v) is 9.43. The van der Waals surface area contributed by atoms with Gasteiger partial charge in [-0.05, 0) is 5.18 Å². The molecular formula is C13H13BrN4O8S. The molecule has 146 valence electrons. The molecular weight excluding hydrogens is 452 g/mol. The van der Waals surface area contributed by atoms with Crippen molar-refractivity contribution in [1.82, 2.24) is 10.2 Å². The van der Waals surface area contributed by atoms with E-state index in [1.54, 1.807) is 0 Å². The number of ether oxygens (including phenoxy) is 1. The van der Waals surface area contributed by atoms with Gasteiger partial charge in [0.25, 0.3) is 11.8 Å². The van der Waals surface area contributed by atoms with E-state index in [0.29, 0.717) is 0 Å². The van der Waals surface area contributed by atoms with Crippen LogP contribution in [0.3, 0.4) is 0 Å². The van der Waals surface area contributed by atoms with Gasteiger partial charge in [-0.3, -0.25) is 19.3 Å². The van der Waals surface area contributed by atoms with E-state index in [2.05, 4.69) is 31.2 Å². The molecule has 2 heterocycles. The number of nitrogens with one attached hydrogen (secondary N) is 1. The summed E-state index contributed by atoms with van der Waals surface area (Å²) in [6.07, 6.45) is -1.09. The van der Waals surface area contributed by atoms with Crippen LogP contribution in [-0.4, -0.2) is 74.8 Å². The lowest BCUT2D eigenvalue weighted by Crippen LogP contribution is -2.71. The summed E-state index contributed by atoms with van der Waals surface area (Å²) in [4.78, 5) is 69.8. The molecule has 27 heavy (non-hydrogen) atoms. The van der Waals surface area contributed by atoms with Crippen LogP contribution in [0.4, 0.5) is 4.79 Å². The zero-order valence-corrected chi connectivity index (χ0v) is 15.8. The number of carbonyl (C=O) groups excluding carboxylic acids is 4. The number of hydrogen-bond acceptors (Lipinski definition) is 9. The normalized spacial score (nSPS) is 22.3. The molecule has 2 aliphatic rings. The van der Waals surface area contributed by atoms with E-state index in [1.807, 2.05) is 0 Å². The largest absolute Gasteiger partial charge is 0.477 e. The Hall–Kier alpha value is -2.48. The number of ketones is 1. The summed E-state index contributed by atoms with van der Waals surface area (Å²) >= 11 is 3.94. The SMILES string of the molecule is NC(=O)OCC1=C(C(=O)O)N2C(=O)C(NC(=O)C(N=O)C(=O)CBr)[C@@H]2SC1. The minimum Gasteiger partial charge on any atom is -0.477 e. The molecule has 0 aromatic heterocycles. The summed E-state index contributed by atoms with van der Waals surface area (Å²) in [5.74, 6) is -3.88. The summed E-state index contributed by atoms with van der Waals surface area (Å²) in [5, 5.41) is 13.1. The first-order valence-electron chi connectivity index (χ1n) is 7.26. The third kappa shape index (κ3) is 4.10. The van der Waals surface area contributed by atoms with E-state index in [-0.39, 0.29) is 22.4 Å². The molecule has 3 amide bonds. The van der Waals surface area contributed by atoms with E-state index in [4.69, 9.17) is 5.73 Å². The van der Waals surface area contributed by atoms with Crippen molar-refractivity contribution in [2.45, 2.75) is 17.5 Å². The fraction of sp³-hybridized carbons (Fsp3) is 0.462. The molecule has 2 aliphatic heterocycles. The number of carboxylic acids is 1. The van der Waals surface area contributed by atoms with Gasteiger partial charge in [-0.25, -0.2) is 9.59 Å². The highest BCUT2D eigenvalue weighted by Crippen LogP contribution is 2.40. The van der Waals surface area contributed by atoms with Crippen molar-refractivity contribution >= 4 is 57.4 Å². The molecule has 1 fully saturated rings. The van der Waals surface area contributed by atoms with Gasteiger partial charge in [-0.1, -0.05) is 15.9 Å². The molecule has 0 aliphatic carbocycles. The lowest BCUT2D eigenvalue weighted by molar-refractivity contribution is -0.151. The molecule has 2 unspecified atom stereocenters. The van der Waals surface area contributed by atoms with Crippen LogP contribution in [0.2, 0.25) is 0 Å². The smallest absolute Gasteiger partial charge is 0.404 e. The van der Waals surface area contributed by atoms with Gasteiger partial charge in [-0.15, -0.1) is 16.7 Å².